The van der Waals surface area contributed by atoms with Crippen LogP contribution >= 0.6 is 0 Å². The Bertz CT molecular complexity index is 1490. The normalized spacial score (nSPS) is 25.7. The number of aryl methyl sites for hydroxylation is 1. The first-order chi connectivity index (χ1) is 20.6. The minimum atomic E-state index is -3.28. The Balaban J connectivity index is 1.27. The number of carbonyl (C=O) groups is 2. The summed E-state index contributed by atoms with van der Waals surface area (Å²) in [4.78, 5) is 30.4. The molecule has 0 bridgehead atoms. The first kappa shape index (κ1) is 29.6. The molecule has 2 saturated heterocycles. The standard InChI is InChI=1S/C31H39FN6O4Si/c1-21-29(43(2,3)32)27(12-15-36-20-23(13-17-39)34-35-36)42-31(21)25-6-4-5-7-26(25)38(30(31)41)19-22-8-10-24(11-9-22)37-16-14-33-18-28(37)40/h4-11,20-21,27,29,33,39H,12-19H2,1-3H3/t21-,27+,29-,31+/m0/s1. The first-order valence-electron chi connectivity index (χ1n) is 15.0. The summed E-state index contributed by atoms with van der Waals surface area (Å²) in [7, 11) is -3.28. The lowest BCUT2D eigenvalue weighted by atomic mass is 9.82. The Hall–Kier alpha value is -3.45. The monoisotopic (exact) mass is 606 g/mol. The lowest BCUT2D eigenvalue weighted by Crippen LogP contribution is -2.48. The van der Waals surface area contributed by atoms with Crippen molar-refractivity contribution in [2.75, 3.05) is 36.0 Å². The molecule has 228 valence electrons. The van der Waals surface area contributed by atoms with E-state index in [9.17, 15) is 14.7 Å². The highest BCUT2D eigenvalue weighted by Crippen LogP contribution is 2.60. The number of nitrogens with one attached hydrogen (secondary N) is 1. The van der Waals surface area contributed by atoms with E-state index in [-0.39, 0.29) is 24.3 Å². The van der Waals surface area contributed by atoms with Gasteiger partial charge in [-0.1, -0.05) is 42.5 Å². The highest BCUT2D eigenvalue weighted by molar-refractivity contribution is 6.72. The third-order valence-corrected chi connectivity index (χ3v) is 11.6. The number of ether oxygens (including phenoxy) is 1. The van der Waals surface area contributed by atoms with Crippen molar-refractivity contribution < 1.29 is 23.5 Å². The number of hydrogen-bond acceptors (Lipinski definition) is 7. The molecule has 6 rings (SSSR count). The highest BCUT2D eigenvalue weighted by atomic mass is 28.4. The predicted octanol–water partition coefficient (Wildman–Crippen LogP) is 3.16. The number of fused-ring (bicyclic) bond motifs is 2. The lowest BCUT2D eigenvalue weighted by Gasteiger charge is -2.31. The molecular formula is C31H39FN6O4Si. The van der Waals surface area contributed by atoms with Gasteiger partial charge in [-0.2, -0.15) is 0 Å². The third-order valence-electron chi connectivity index (χ3n) is 9.14. The van der Waals surface area contributed by atoms with Gasteiger partial charge in [0.2, 0.25) is 14.3 Å². The summed E-state index contributed by atoms with van der Waals surface area (Å²) >= 11 is 0. The van der Waals surface area contributed by atoms with Crippen molar-refractivity contribution in [2.24, 2.45) is 5.92 Å². The summed E-state index contributed by atoms with van der Waals surface area (Å²) in [5.41, 5.74) is 2.34. The van der Waals surface area contributed by atoms with E-state index in [1.54, 1.807) is 33.8 Å². The number of anilines is 2. The number of benzene rings is 2. The van der Waals surface area contributed by atoms with Crippen LogP contribution in [0.2, 0.25) is 18.6 Å². The summed E-state index contributed by atoms with van der Waals surface area (Å²) in [6.07, 6.45) is 2.23. The molecule has 0 radical (unpaired) electrons. The quantitative estimate of drug-likeness (QED) is 0.284. The molecule has 2 aromatic carbocycles. The van der Waals surface area contributed by atoms with Crippen molar-refractivity contribution in [1.29, 1.82) is 0 Å². The maximum absolute atomic E-state index is 16.1. The molecule has 1 spiro atoms. The molecule has 12 heteroatoms. The zero-order valence-electron chi connectivity index (χ0n) is 24.9. The number of aliphatic hydroxyl groups excluding tert-OH is 1. The van der Waals surface area contributed by atoms with Gasteiger partial charge in [0.15, 0.2) is 5.60 Å². The molecule has 4 heterocycles. The van der Waals surface area contributed by atoms with E-state index in [2.05, 4.69) is 15.6 Å². The van der Waals surface area contributed by atoms with E-state index in [1.807, 2.05) is 55.5 Å². The predicted molar refractivity (Wildman–Crippen MR) is 163 cm³/mol. The number of aliphatic hydroxyl groups is 1. The minimum absolute atomic E-state index is 0.00776. The van der Waals surface area contributed by atoms with Gasteiger partial charge in [0.05, 0.1) is 30.6 Å². The van der Waals surface area contributed by atoms with Gasteiger partial charge in [-0.3, -0.25) is 14.3 Å². The van der Waals surface area contributed by atoms with Crippen molar-refractivity contribution in [1.82, 2.24) is 20.3 Å². The summed E-state index contributed by atoms with van der Waals surface area (Å²) in [6, 6.07) is 15.5. The number of para-hydroxylation sites is 1. The summed E-state index contributed by atoms with van der Waals surface area (Å²) in [6.45, 7) is 7.85. The molecule has 2 fully saturated rings. The Morgan fingerprint density at radius 2 is 1.93 bits per heavy atom. The average molecular weight is 607 g/mol. The average Bonchev–Trinajstić information content (AvgIpc) is 3.63. The zero-order chi connectivity index (χ0) is 30.4. The van der Waals surface area contributed by atoms with Crippen LogP contribution < -0.4 is 15.1 Å². The Labute approximate surface area is 252 Å². The fraction of sp³-hybridized carbons (Fsp3) is 0.484. The summed E-state index contributed by atoms with van der Waals surface area (Å²) in [5.74, 6) is -0.501. The molecule has 3 aliphatic heterocycles. The molecule has 2 N–H and O–H groups in total. The molecule has 1 aromatic heterocycles. The molecule has 3 aromatic rings. The van der Waals surface area contributed by atoms with E-state index in [0.29, 0.717) is 44.7 Å². The van der Waals surface area contributed by atoms with E-state index >= 15 is 4.11 Å². The molecular weight excluding hydrogens is 567 g/mol. The van der Waals surface area contributed by atoms with Gasteiger partial charge in [0.1, 0.15) is 0 Å². The van der Waals surface area contributed by atoms with Crippen LogP contribution in [0.4, 0.5) is 15.5 Å². The first-order valence-corrected chi connectivity index (χ1v) is 18.0. The molecule has 4 atom stereocenters. The van der Waals surface area contributed by atoms with Crippen LogP contribution in [0.25, 0.3) is 0 Å². The second kappa shape index (κ2) is 11.6. The smallest absolute Gasteiger partial charge is 0.264 e. The van der Waals surface area contributed by atoms with Crippen LogP contribution in [0, 0.1) is 5.92 Å². The second-order valence-corrected chi connectivity index (χ2v) is 16.1. The Morgan fingerprint density at radius 3 is 2.65 bits per heavy atom. The largest absolute Gasteiger partial charge is 0.396 e. The second-order valence-electron chi connectivity index (χ2n) is 12.3. The number of rotatable bonds is 9. The molecule has 3 aliphatic rings. The van der Waals surface area contributed by atoms with E-state index in [4.69, 9.17) is 4.74 Å². The Kier molecular flexibility index (Phi) is 7.96. The van der Waals surface area contributed by atoms with Crippen LogP contribution in [0.15, 0.2) is 54.7 Å². The van der Waals surface area contributed by atoms with Crippen molar-refractivity contribution in [3.8, 4) is 0 Å². The van der Waals surface area contributed by atoms with Crippen molar-refractivity contribution >= 4 is 31.6 Å². The number of halogens is 1. The third kappa shape index (κ3) is 5.30. The van der Waals surface area contributed by atoms with E-state index in [1.165, 1.54) is 0 Å². The van der Waals surface area contributed by atoms with Crippen LogP contribution in [0.5, 0.6) is 0 Å². The maximum Gasteiger partial charge on any atom is 0.264 e. The molecule has 0 aliphatic carbocycles. The number of nitrogens with zero attached hydrogens (tertiary/aromatic N) is 5. The number of aromatic nitrogens is 3. The Morgan fingerprint density at radius 1 is 1.16 bits per heavy atom. The molecule has 0 unspecified atom stereocenters. The van der Waals surface area contributed by atoms with E-state index < -0.39 is 25.7 Å². The number of piperazine rings is 1. The lowest BCUT2D eigenvalue weighted by molar-refractivity contribution is -0.146. The fourth-order valence-corrected chi connectivity index (χ4v) is 9.75. The number of hydrogen-bond donors (Lipinski definition) is 2. The fourth-order valence-electron chi connectivity index (χ4n) is 7.21. The van der Waals surface area contributed by atoms with E-state index in [0.717, 1.165) is 29.0 Å². The van der Waals surface area contributed by atoms with Crippen molar-refractivity contribution in [2.45, 2.75) is 63.2 Å². The van der Waals surface area contributed by atoms with Gasteiger partial charge in [-0.25, -0.2) is 0 Å². The van der Waals surface area contributed by atoms with Crippen molar-refractivity contribution in [3.05, 3.63) is 71.5 Å². The number of carbonyl (C=O) groups excluding carboxylic acids is 2. The van der Waals surface area contributed by atoms with Gasteiger partial charge < -0.3 is 29.1 Å². The maximum atomic E-state index is 16.1. The molecule has 43 heavy (non-hydrogen) atoms. The van der Waals surface area contributed by atoms with Gasteiger partial charge in [-0.15, -0.1) is 5.10 Å². The number of amides is 2. The van der Waals surface area contributed by atoms with Gasteiger partial charge in [0, 0.05) is 61.6 Å². The van der Waals surface area contributed by atoms with Crippen LogP contribution in [-0.2, 0) is 39.4 Å². The molecule has 2 amide bonds. The van der Waals surface area contributed by atoms with Gasteiger partial charge in [0.25, 0.3) is 5.91 Å². The SMILES string of the molecule is C[C@H]1[C@H]([Si](C)(C)F)[C@@H](CCn2cc(CCO)nn2)O[C@]12C(=O)N(Cc1ccc(N3CCNCC3=O)cc1)c1ccccc12. The zero-order valence-corrected chi connectivity index (χ0v) is 25.9. The minimum Gasteiger partial charge on any atom is -0.396 e. The summed E-state index contributed by atoms with van der Waals surface area (Å²) < 4.78 is 24.6. The van der Waals surface area contributed by atoms with Crippen molar-refractivity contribution in [3.63, 3.8) is 0 Å². The topological polar surface area (TPSA) is 113 Å². The van der Waals surface area contributed by atoms with Crippen LogP contribution in [0.1, 0.15) is 30.2 Å². The molecule has 10 nitrogen and oxygen atoms in total. The van der Waals surface area contributed by atoms with Crippen LogP contribution in [-0.4, -0.2) is 72.7 Å². The highest BCUT2D eigenvalue weighted by Gasteiger charge is 2.66. The summed E-state index contributed by atoms with van der Waals surface area (Å²) in [5, 5.41) is 20.6. The molecule has 0 saturated carbocycles. The van der Waals surface area contributed by atoms with Gasteiger partial charge >= 0.3 is 0 Å². The van der Waals surface area contributed by atoms with Gasteiger partial charge in [-0.05, 0) is 43.3 Å². The van der Waals surface area contributed by atoms with Crippen LogP contribution in [0.3, 0.4) is 0 Å².